The largest absolute Gasteiger partial charge is 0.342 e. The number of aromatic nitrogens is 2. The van der Waals surface area contributed by atoms with Crippen molar-refractivity contribution in [3.63, 3.8) is 0 Å². The Kier molecular flexibility index (Phi) is 3.96. The van der Waals surface area contributed by atoms with Crippen molar-refractivity contribution in [3.8, 4) is 0 Å². The zero-order chi connectivity index (χ0) is 17.5. The Labute approximate surface area is 156 Å². The number of nitrogens with one attached hydrogen (secondary N) is 1. The maximum Gasteiger partial charge on any atom is 0.228 e. The average Bonchev–Trinajstić information content (AvgIpc) is 3.38. The van der Waals surface area contributed by atoms with E-state index in [0.717, 1.165) is 66.7 Å². The molecule has 1 fully saturated rings. The average molecular weight is 367 g/mol. The number of carbonyl (C=O) groups is 1. The van der Waals surface area contributed by atoms with E-state index in [2.05, 4.69) is 26.4 Å². The lowest BCUT2D eigenvalue weighted by molar-refractivity contribution is -0.131. The number of hydrogen-bond acceptors (Lipinski definition) is 5. The summed E-state index contributed by atoms with van der Waals surface area (Å²) >= 11 is 1.64. The Morgan fingerprint density at radius 2 is 2.08 bits per heavy atom. The molecule has 0 spiro atoms. The summed E-state index contributed by atoms with van der Waals surface area (Å²) in [6.45, 7) is 3.37. The smallest absolute Gasteiger partial charge is 0.228 e. The molecule has 1 N–H and O–H groups in total. The highest BCUT2D eigenvalue weighted by atomic mass is 32.2. The highest BCUT2D eigenvalue weighted by molar-refractivity contribution is 8.16. The Morgan fingerprint density at radius 3 is 2.92 bits per heavy atom. The van der Waals surface area contributed by atoms with Crippen LogP contribution in [0.5, 0.6) is 0 Å². The molecule has 3 aliphatic rings. The van der Waals surface area contributed by atoms with Crippen molar-refractivity contribution in [2.75, 3.05) is 26.2 Å². The second-order valence-corrected chi connectivity index (χ2v) is 7.85. The van der Waals surface area contributed by atoms with Gasteiger partial charge in [-0.2, -0.15) is 0 Å². The predicted molar refractivity (Wildman–Crippen MR) is 104 cm³/mol. The number of likely N-dealkylation sites (tertiary alicyclic amines) is 1. The minimum atomic E-state index is 0.230. The van der Waals surface area contributed by atoms with E-state index in [4.69, 9.17) is 4.98 Å². The van der Waals surface area contributed by atoms with Gasteiger partial charge in [0.25, 0.3) is 0 Å². The third kappa shape index (κ3) is 2.80. The Hall–Kier alpha value is -2.28. The van der Waals surface area contributed by atoms with E-state index >= 15 is 0 Å². The van der Waals surface area contributed by atoms with Crippen LogP contribution < -0.4 is 0 Å². The number of thioether (sulfide) groups is 1. The quantitative estimate of drug-likeness (QED) is 0.906. The number of nitrogens with zero attached hydrogens (tertiary/aromatic N) is 4. The third-order valence-electron chi connectivity index (χ3n) is 5.42. The first-order valence-electron chi connectivity index (χ1n) is 9.18. The molecule has 5 rings (SSSR count). The monoisotopic (exact) mass is 367 g/mol. The fraction of sp³-hybridized carbons (Fsp3) is 0.421. The number of fused-ring (bicyclic) bond motifs is 2. The summed E-state index contributed by atoms with van der Waals surface area (Å²) in [6, 6.07) is 8.14. The molecule has 7 heteroatoms. The molecule has 3 aliphatic heterocycles. The molecule has 26 heavy (non-hydrogen) atoms. The Bertz CT molecular complexity index is 877. The molecule has 0 saturated carbocycles. The van der Waals surface area contributed by atoms with Gasteiger partial charge in [-0.1, -0.05) is 23.9 Å². The number of piperidine rings is 1. The minimum Gasteiger partial charge on any atom is -0.342 e. The van der Waals surface area contributed by atoms with Crippen LogP contribution in [0.1, 0.15) is 31.0 Å². The van der Waals surface area contributed by atoms with Crippen molar-refractivity contribution in [2.24, 2.45) is 4.99 Å². The molecule has 1 aromatic heterocycles. The van der Waals surface area contributed by atoms with E-state index in [-0.39, 0.29) is 5.91 Å². The zero-order valence-corrected chi connectivity index (χ0v) is 15.3. The van der Waals surface area contributed by atoms with E-state index < -0.39 is 0 Å². The molecular formula is C19H21N5OS. The zero-order valence-electron chi connectivity index (χ0n) is 14.5. The number of amides is 1. The number of hydrogen-bond donors (Lipinski definition) is 1. The molecule has 6 nitrogen and oxygen atoms in total. The first kappa shape index (κ1) is 15.9. The number of H-pyrrole nitrogens is 1. The van der Waals surface area contributed by atoms with Gasteiger partial charge in [0, 0.05) is 31.2 Å². The summed E-state index contributed by atoms with van der Waals surface area (Å²) in [5, 5.41) is 3.13. The van der Waals surface area contributed by atoms with Crippen molar-refractivity contribution in [1.82, 2.24) is 19.8 Å². The van der Waals surface area contributed by atoms with Gasteiger partial charge in [-0.05, 0) is 30.4 Å². The van der Waals surface area contributed by atoms with Crippen LogP contribution in [-0.2, 0) is 4.79 Å². The number of amidine groups is 1. The fourth-order valence-electron chi connectivity index (χ4n) is 3.95. The summed E-state index contributed by atoms with van der Waals surface area (Å²) in [4.78, 5) is 29.5. The summed E-state index contributed by atoms with van der Waals surface area (Å²) in [5.41, 5.74) is 3.22. The van der Waals surface area contributed by atoms with Gasteiger partial charge in [-0.15, -0.1) is 0 Å². The summed E-state index contributed by atoms with van der Waals surface area (Å²) in [6.07, 6.45) is 2.42. The molecule has 1 amide bonds. The number of aromatic amines is 1. The van der Waals surface area contributed by atoms with E-state index in [1.54, 1.807) is 11.8 Å². The van der Waals surface area contributed by atoms with E-state index in [0.29, 0.717) is 12.3 Å². The van der Waals surface area contributed by atoms with Crippen LogP contribution in [0.3, 0.4) is 0 Å². The van der Waals surface area contributed by atoms with Crippen LogP contribution in [0.4, 0.5) is 0 Å². The van der Waals surface area contributed by atoms with Gasteiger partial charge >= 0.3 is 0 Å². The van der Waals surface area contributed by atoms with Crippen molar-refractivity contribution in [3.05, 3.63) is 41.2 Å². The van der Waals surface area contributed by atoms with E-state index in [9.17, 15) is 4.79 Å². The standard InChI is InChI=1S/C19H21N5OS/c25-17(11-14-12-26-19-20-7-10-24(14)19)23-8-5-13(6-9-23)18-21-15-3-1-2-4-16(15)22-18/h1-4,12-13H,5-11H2,(H,21,22). The van der Waals surface area contributed by atoms with Crippen molar-refractivity contribution in [2.45, 2.75) is 25.2 Å². The fourth-order valence-corrected chi connectivity index (χ4v) is 4.90. The molecule has 0 aliphatic carbocycles. The van der Waals surface area contributed by atoms with Gasteiger partial charge in [-0.3, -0.25) is 9.79 Å². The molecule has 0 bridgehead atoms. The minimum absolute atomic E-state index is 0.230. The second-order valence-electron chi connectivity index (χ2n) is 7.01. The summed E-state index contributed by atoms with van der Waals surface area (Å²) in [5.74, 6) is 1.70. The van der Waals surface area contributed by atoms with E-state index in [1.165, 1.54) is 0 Å². The summed E-state index contributed by atoms with van der Waals surface area (Å²) < 4.78 is 0. The van der Waals surface area contributed by atoms with Crippen LogP contribution in [-0.4, -0.2) is 57.0 Å². The number of rotatable bonds is 3. The highest BCUT2D eigenvalue weighted by Crippen LogP contribution is 2.32. The highest BCUT2D eigenvalue weighted by Gasteiger charge is 2.30. The molecule has 0 unspecified atom stereocenters. The Morgan fingerprint density at radius 1 is 1.23 bits per heavy atom. The number of para-hydroxylation sites is 2. The van der Waals surface area contributed by atoms with Gasteiger partial charge in [0.05, 0.1) is 24.0 Å². The van der Waals surface area contributed by atoms with Gasteiger partial charge < -0.3 is 14.8 Å². The maximum absolute atomic E-state index is 12.7. The number of benzene rings is 1. The summed E-state index contributed by atoms with van der Waals surface area (Å²) in [7, 11) is 0. The molecular weight excluding hydrogens is 346 g/mol. The lowest BCUT2D eigenvalue weighted by Crippen LogP contribution is -2.39. The van der Waals surface area contributed by atoms with Crippen molar-refractivity contribution < 1.29 is 4.79 Å². The Balaban J connectivity index is 1.20. The van der Waals surface area contributed by atoms with Crippen LogP contribution in [0.2, 0.25) is 0 Å². The maximum atomic E-state index is 12.7. The number of aliphatic imine (C=N–C) groups is 1. The van der Waals surface area contributed by atoms with Gasteiger partial charge in [0.15, 0.2) is 5.17 Å². The third-order valence-corrected chi connectivity index (χ3v) is 6.37. The topological polar surface area (TPSA) is 64.6 Å². The van der Waals surface area contributed by atoms with Gasteiger partial charge in [-0.25, -0.2) is 4.98 Å². The molecule has 0 radical (unpaired) electrons. The van der Waals surface area contributed by atoms with Crippen molar-refractivity contribution >= 4 is 33.9 Å². The molecule has 1 saturated heterocycles. The van der Waals surface area contributed by atoms with Crippen LogP contribution in [0.25, 0.3) is 11.0 Å². The van der Waals surface area contributed by atoms with Crippen LogP contribution in [0.15, 0.2) is 40.4 Å². The SMILES string of the molecule is O=C(CC1=CSC2=NCCN12)N1CCC(c2nc3ccccc3[nH]2)CC1. The molecule has 1 aromatic carbocycles. The predicted octanol–water partition coefficient (Wildman–Crippen LogP) is 2.92. The second kappa shape index (κ2) is 6.46. The van der Waals surface area contributed by atoms with Gasteiger partial charge in [0.2, 0.25) is 5.91 Å². The molecule has 2 aromatic rings. The first-order valence-corrected chi connectivity index (χ1v) is 10.1. The molecule has 0 atom stereocenters. The van der Waals surface area contributed by atoms with Crippen LogP contribution >= 0.6 is 11.8 Å². The van der Waals surface area contributed by atoms with Gasteiger partial charge in [0.1, 0.15) is 5.82 Å². The molecule has 4 heterocycles. The van der Waals surface area contributed by atoms with E-state index in [1.807, 2.05) is 23.1 Å². The lowest BCUT2D eigenvalue weighted by atomic mass is 9.96. The lowest BCUT2D eigenvalue weighted by Gasteiger charge is -2.31. The normalized spacial score (nSPS) is 20.5. The molecule has 134 valence electrons. The number of carbonyl (C=O) groups excluding carboxylic acids is 1. The number of imidazole rings is 1. The first-order chi connectivity index (χ1) is 12.8. The van der Waals surface area contributed by atoms with Crippen molar-refractivity contribution in [1.29, 1.82) is 0 Å². The van der Waals surface area contributed by atoms with Crippen LogP contribution in [0, 0.1) is 0 Å².